The fourth-order valence-electron chi connectivity index (χ4n) is 4.05. The van der Waals surface area contributed by atoms with E-state index in [4.69, 9.17) is 5.10 Å². The molecule has 0 fully saturated rings. The zero-order valence-corrected chi connectivity index (χ0v) is 16.4. The van der Waals surface area contributed by atoms with Gasteiger partial charge < -0.3 is 5.32 Å². The molecule has 25 heavy (non-hydrogen) atoms. The Balaban J connectivity index is 2.01. The standard InChI is InChI=1S/C20H25N3OS/c1-11-9-10-25-18(11)17-15-12(2)22-23(20(3,4)5)19(15)21-13-7-6-8-14(24)16(13)17/h9-10,17,21H,6-8H2,1-5H3/t17-/m1/s1. The van der Waals surface area contributed by atoms with Crippen molar-refractivity contribution >= 4 is 22.9 Å². The Morgan fingerprint density at radius 3 is 2.68 bits per heavy atom. The zero-order chi connectivity index (χ0) is 17.9. The Bertz CT molecular complexity index is 895. The first-order chi connectivity index (χ1) is 11.8. The van der Waals surface area contributed by atoms with Crippen LogP contribution in [0.3, 0.4) is 0 Å². The second-order valence-electron chi connectivity index (χ2n) is 8.13. The zero-order valence-electron chi connectivity index (χ0n) is 15.6. The van der Waals surface area contributed by atoms with E-state index in [1.807, 2.05) is 0 Å². The average molecular weight is 356 g/mol. The Hall–Kier alpha value is -1.88. The molecule has 4 rings (SSSR count). The number of fused-ring (bicyclic) bond motifs is 1. The van der Waals surface area contributed by atoms with Crippen LogP contribution in [0.15, 0.2) is 22.7 Å². The second kappa shape index (κ2) is 5.56. The molecular weight excluding hydrogens is 330 g/mol. The topological polar surface area (TPSA) is 46.9 Å². The second-order valence-corrected chi connectivity index (χ2v) is 9.07. The van der Waals surface area contributed by atoms with Crippen LogP contribution in [0, 0.1) is 13.8 Å². The molecule has 1 aliphatic carbocycles. The van der Waals surface area contributed by atoms with Crippen LogP contribution >= 0.6 is 11.3 Å². The third-order valence-corrected chi connectivity index (χ3v) is 6.29. The van der Waals surface area contributed by atoms with E-state index in [0.717, 1.165) is 35.6 Å². The summed E-state index contributed by atoms with van der Waals surface area (Å²) in [5, 5.41) is 10.6. The van der Waals surface area contributed by atoms with Crippen LogP contribution in [0.4, 0.5) is 5.82 Å². The summed E-state index contributed by atoms with van der Waals surface area (Å²) in [5.41, 5.74) is 5.41. The van der Waals surface area contributed by atoms with Gasteiger partial charge in [-0.05, 0) is 64.5 Å². The number of carbonyl (C=O) groups excluding carboxylic acids is 1. The van der Waals surface area contributed by atoms with Crippen LogP contribution in [0.1, 0.15) is 67.6 Å². The first-order valence-electron chi connectivity index (χ1n) is 8.96. The maximum absolute atomic E-state index is 12.8. The molecule has 0 unspecified atom stereocenters. The summed E-state index contributed by atoms with van der Waals surface area (Å²) in [7, 11) is 0. The predicted molar refractivity (Wildman–Crippen MR) is 102 cm³/mol. The Morgan fingerprint density at radius 1 is 1.28 bits per heavy atom. The van der Waals surface area contributed by atoms with Gasteiger partial charge in [0.05, 0.1) is 17.2 Å². The minimum atomic E-state index is -0.114. The van der Waals surface area contributed by atoms with Crippen molar-refractivity contribution in [3.8, 4) is 0 Å². The lowest BCUT2D eigenvalue weighted by Crippen LogP contribution is -2.30. The highest BCUT2D eigenvalue weighted by Crippen LogP contribution is 2.49. The van der Waals surface area contributed by atoms with E-state index < -0.39 is 0 Å². The number of aryl methyl sites for hydroxylation is 2. The molecule has 3 heterocycles. The number of allylic oxidation sites excluding steroid dienone is 2. The highest BCUT2D eigenvalue weighted by atomic mass is 32.1. The molecule has 0 saturated carbocycles. The summed E-state index contributed by atoms with van der Waals surface area (Å²) in [6.07, 6.45) is 2.53. The third kappa shape index (κ3) is 2.48. The number of anilines is 1. The third-order valence-electron chi connectivity index (χ3n) is 5.21. The normalized spacial score (nSPS) is 20.4. The minimum absolute atomic E-state index is 0.0233. The number of hydrogen-bond acceptors (Lipinski definition) is 4. The van der Waals surface area contributed by atoms with Gasteiger partial charge in [-0.15, -0.1) is 11.3 Å². The van der Waals surface area contributed by atoms with Gasteiger partial charge in [0.1, 0.15) is 5.82 Å². The summed E-state index contributed by atoms with van der Waals surface area (Å²) in [6, 6.07) is 2.15. The molecule has 1 atom stereocenters. The molecule has 5 heteroatoms. The molecule has 4 nitrogen and oxygen atoms in total. The molecular formula is C20H25N3OS. The summed E-state index contributed by atoms with van der Waals surface area (Å²) in [6.45, 7) is 10.7. The molecule has 2 aromatic heterocycles. The number of nitrogens with one attached hydrogen (secondary N) is 1. The number of thiophene rings is 1. The summed E-state index contributed by atoms with van der Waals surface area (Å²) < 4.78 is 2.09. The van der Waals surface area contributed by atoms with Gasteiger partial charge >= 0.3 is 0 Å². The molecule has 0 bridgehead atoms. The fraction of sp³-hybridized carbons (Fsp3) is 0.500. The number of rotatable bonds is 1. The van der Waals surface area contributed by atoms with E-state index in [0.29, 0.717) is 12.2 Å². The van der Waals surface area contributed by atoms with Crippen molar-refractivity contribution in [3.63, 3.8) is 0 Å². The maximum Gasteiger partial charge on any atom is 0.161 e. The number of aromatic nitrogens is 2. The molecule has 0 aromatic carbocycles. The lowest BCUT2D eigenvalue weighted by Gasteiger charge is -2.34. The van der Waals surface area contributed by atoms with Gasteiger partial charge in [0.25, 0.3) is 0 Å². The van der Waals surface area contributed by atoms with Gasteiger partial charge in [-0.1, -0.05) is 0 Å². The van der Waals surface area contributed by atoms with Crippen LogP contribution < -0.4 is 5.32 Å². The highest BCUT2D eigenvalue weighted by Gasteiger charge is 2.40. The van der Waals surface area contributed by atoms with E-state index in [2.05, 4.69) is 56.1 Å². The maximum atomic E-state index is 12.8. The smallest absolute Gasteiger partial charge is 0.161 e. The molecule has 2 aliphatic rings. The molecule has 0 radical (unpaired) electrons. The van der Waals surface area contributed by atoms with Crippen LogP contribution in [-0.2, 0) is 10.3 Å². The van der Waals surface area contributed by atoms with Gasteiger partial charge in [0.2, 0.25) is 0 Å². The van der Waals surface area contributed by atoms with Gasteiger partial charge in [-0.25, -0.2) is 4.68 Å². The van der Waals surface area contributed by atoms with E-state index >= 15 is 0 Å². The molecule has 0 saturated heterocycles. The molecule has 1 aliphatic heterocycles. The summed E-state index contributed by atoms with van der Waals surface area (Å²) >= 11 is 1.75. The van der Waals surface area contributed by atoms with E-state index in [9.17, 15) is 4.79 Å². The van der Waals surface area contributed by atoms with Crippen molar-refractivity contribution in [2.24, 2.45) is 0 Å². The van der Waals surface area contributed by atoms with Gasteiger partial charge in [-0.3, -0.25) is 4.79 Å². The quantitative estimate of drug-likeness (QED) is 0.793. The number of hydrogen-bond donors (Lipinski definition) is 1. The van der Waals surface area contributed by atoms with Crippen molar-refractivity contribution in [2.45, 2.75) is 65.3 Å². The van der Waals surface area contributed by atoms with Gasteiger partial charge in [0, 0.05) is 28.1 Å². The van der Waals surface area contributed by atoms with Crippen molar-refractivity contribution in [1.29, 1.82) is 0 Å². The van der Waals surface area contributed by atoms with Crippen molar-refractivity contribution in [2.75, 3.05) is 5.32 Å². The van der Waals surface area contributed by atoms with E-state index in [1.165, 1.54) is 16.0 Å². The average Bonchev–Trinajstić information content (AvgIpc) is 3.09. The first-order valence-corrected chi connectivity index (χ1v) is 9.84. The van der Waals surface area contributed by atoms with Crippen molar-refractivity contribution in [3.05, 3.63) is 44.4 Å². The van der Waals surface area contributed by atoms with Crippen LogP contribution in [0.25, 0.3) is 0 Å². The summed E-state index contributed by atoms with van der Waals surface area (Å²) in [5.74, 6) is 1.38. The number of Topliss-reactive ketones (excluding diaryl/α,β-unsaturated/α-hetero) is 1. The fourth-order valence-corrected chi connectivity index (χ4v) is 5.09. The Morgan fingerprint density at radius 2 is 2.04 bits per heavy atom. The number of ketones is 1. The number of nitrogens with zero attached hydrogens (tertiary/aromatic N) is 2. The van der Waals surface area contributed by atoms with Crippen LogP contribution in [0.5, 0.6) is 0 Å². The molecule has 2 aromatic rings. The van der Waals surface area contributed by atoms with Crippen molar-refractivity contribution < 1.29 is 4.79 Å². The largest absolute Gasteiger partial charge is 0.343 e. The Labute approximate surface area is 152 Å². The summed E-state index contributed by atoms with van der Waals surface area (Å²) in [4.78, 5) is 14.1. The lowest BCUT2D eigenvalue weighted by molar-refractivity contribution is -0.116. The van der Waals surface area contributed by atoms with E-state index in [1.54, 1.807) is 11.3 Å². The molecule has 1 N–H and O–H groups in total. The molecule has 0 amide bonds. The molecule has 0 spiro atoms. The lowest BCUT2D eigenvalue weighted by atomic mass is 9.78. The molecule has 132 valence electrons. The van der Waals surface area contributed by atoms with Crippen molar-refractivity contribution in [1.82, 2.24) is 9.78 Å². The highest BCUT2D eigenvalue weighted by molar-refractivity contribution is 7.10. The number of carbonyl (C=O) groups is 1. The Kier molecular flexibility index (Phi) is 3.69. The van der Waals surface area contributed by atoms with Crippen LogP contribution in [-0.4, -0.2) is 15.6 Å². The predicted octanol–water partition coefficient (Wildman–Crippen LogP) is 4.88. The SMILES string of the molecule is Cc1ccsc1[C@H]1C2=C(CCCC2=O)Nc2c1c(C)nn2C(C)(C)C. The van der Waals surface area contributed by atoms with Crippen LogP contribution in [0.2, 0.25) is 0 Å². The van der Waals surface area contributed by atoms with E-state index in [-0.39, 0.29) is 11.5 Å². The van der Waals surface area contributed by atoms with Gasteiger partial charge in [-0.2, -0.15) is 5.10 Å². The minimum Gasteiger partial charge on any atom is -0.343 e. The first kappa shape index (κ1) is 16.6. The van der Waals surface area contributed by atoms with Gasteiger partial charge in [0.15, 0.2) is 5.78 Å². The monoisotopic (exact) mass is 355 g/mol.